The fraction of sp³-hybridized carbons (Fsp3) is 0.500. The second-order valence-corrected chi connectivity index (χ2v) is 7.25. The van der Waals surface area contributed by atoms with Crippen molar-refractivity contribution < 1.29 is 27.5 Å². The van der Waals surface area contributed by atoms with E-state index in [1.165, 1.54) is 11.0 Å². The van der Waals surface area contributed by atoms with Crippen molar-refractivity contribution in [1.29, 1.82) is 0 Å². The zero-order chi connectivity index (χ0) is 20.3. The first kappa shape index (κ1) is 20.5. The Morgan fingerprint density at radius 3 is 2.43 bits per heavy atom. The molecule has 1 aromatic rings. The summed E-state index contributed by atoms with van der Waals surface area (Å²) in [6, 6.07) is 5.84. The summed E-state index contributed by atoms with van der Waals surface area (Å²) in [5, 5.41) is 9.31. The van der Waals surface area contributed by atoms with Crippen LogP contribution in [0, 0.1) is 11.7 Å². The van der Waals surface area contributed by atoms with Crippen LogP contribution in [0.1, 0.15) is 31.2 Å². The Morgan fingerprint density at radius 1 is 1.18 bits per heavy atom. The smallest absolute Gasteiger partial charge is 0.396 e. The third kappa shape index (κ3) is 4.60. The fourth-order valence-electron chi connectivity index (χ4n) is 3.73. The lowest BCUT2D eigenvalue weighted by molar-refractivity contribution is -0.131. The van der Waals surface area contributed by atoms with Gasteiger partial charge in [-0.15, -0.1) is 0 Å². The highest BCUT2D eigenvalue weighted by Gasteiger charge is 2.38. The molecule has 152 valence electrons. The van der Waals surface area contributed by atoms with Crippen LogP contribution in [0.25, 0.3) is 0 Å². The maximum atomic E-state index is 14.1. The van der Waals surface area contributed by atoms with E-state index in [1.54, 1.807) is 18.2 Å². The monoisotopic (exact) mass is 398 g/mol. The summed E-state index contributed by atoms with van der Waals surface area (Å²) in [7, 11) is 0. The van der Waals surface area contributed by atoms with Gasteiger partial charge in [-0.2, -0.15) is 13.2 Å². The number of benzene rings is 1. The molecule has 1 N–H and O–H groups in total. The van der Waals surface area contributed by atoms with Crippen LogP contribution in [0.5, 0.6) is 0 Å². The molecule has 1 aromatic carbocycles. The number of carbonyl (C=O) groups excluding carboxylic acids is 1. The normalized spacial score (nSPS) is 22.6. The molecule has 0 saturated heterocycles. The summed E-state index contributed by atoms with van der Waals surface area (Å²) in [5.41, 5.74) is -0.783. The van der Waals surface area contributed by atoms with Gasteiger partial charge in [0.2, 0.25) is 0 Å². The van der Waals surface area contributed by atoms with Crippen LogP contribution in [0.4, 0.5) is 17.6 Å². The molecule has 3 rings (SSSR count). The molecule has 0 radical (unpaired) electrons. The molecule has 1 aliphatic heterocycles. The topological polar surface area (TPSA) is 52.9 Å². The average Bonchev–Trinajstić information content (AvgIpc) is 3.18. The van der Waals surface area contributed by atoms with Gasteiger partial charge in [0, 0.05) is 30.3 Å². The molecular weight excluding hydrogens is 376 g/mol. The number of alkyl halides is 3. The van der Waals surface area contributed by atoms with Crippen molar-refractivity contribution in [3.8, 4) is 0 Å². The predicted octanol–water partition coefficient (Wildman–Crippen LogP) is 3.65. The number of nitrogens with zero attached hydrogens (tertiary/aromatic N) is 2. The maximum absolute atomic E-state index is 14.1. The highest BCUT2D eigenvalue weighted by atomic mass is 19.4. The van der Waals surface area contributed by atoms with E-state index in [0.717, 1.165) is 6.08 Å². The van der Waals surface area contributed by atoms with Crippen molar-refractivity contribution in [2.75, 3.05) is 13.2 Å². The van der Waals surface area contributed by atoms with Crippen molar-refractivity contribution in [3.05, 3.63) is 47.3 Å². The molecule has 1 saturated carbocycles. The second kappa shape index (κ2) is 8.43. The zero-order valence-electron chi connectivity index (χ0n) is 15.3. The molecule has 8 heteroatoms. The first-order valence-corrected chi connectivity index (χ1v) is 9.27. The van der Waals surface area contributed by atoms with E-state index in [1.807, 2.05) is 0 Å². The molecule has 1 amide bonds. The number of hydrogen-bond donors (Lipinski definition) is 1. The highest BCUT2D eigenvalue weighted by molar-refractivity contribution is 6.09. The van der Waals surface area contributed by atoms with Gasteiger partial charge in [0.05, 0.1) is 6.54 Å². The number of rotatable bonds is 5. The average molecular weight is 398 g/mol. The molecule has 28 heavy (non-hydrogen) atoms. The fourth-order valence-corrected chi connectivity index (χ4v) is 3.73. The Hall–Kier alpha value is -2.22. The van der Waals surface area contributed by atoms with Crippen LogP contribution < -0.4 is 0 Å². The molecule has 2 aliphatic rings. The molecule has 0 atom stereocenters. The van der Waals surface area contributed by atoms with Gasteiger partial charge in [-0.25, -0.2) is 4.39 Å². The first-order chi connectivity index (χ1) is 13.3. The second-order valence-electron chi connectivity index (χ2n) is 7.25. The first-order valence-electron chi connectivity index (χ1n) is 9.27. The van der Waals surface area contributed by atoms with Crippen molar-refractivity contribution in [1.82, 2.24) is 4.90 Å². The van der Waals surface area contributed by atoms with Gasteiger partial charge < -0.3 is 10.0 Å². The maximum Gasteiger partial charge on any atom is 0.432 e. The van der Waals surface area contributed by atoms with Gasteiger partial charge in [-0.1, -0.05) is 18.2 Å². The van der Waals surface area contributed by atoms with Gasteiger partial charge in [-0.05, 0) is 43.7 Å². The van der Waals surface area contributed by atoms with Crippen molar-refractivity contribution in [3.63, 3.8) is 0 Å². The lowest BCUT2D eigenvalue weighted by Crippen LogP contribution is -2.43. The Kier molecular flexibility index (Phi) is 6.17. The minimum atomic E-state index is -4.60. The zero-order valence-corrected chi connectivity index (χ0v) is 15.3. The molecule has 0 bridgehead atoms. The molecule has 0 spiro atoms. The predicted molar refractivity (Wildman–Crippen MR) is 96.2 cm³/mol. The highest BCUT2D eigenvalue weighted by Crippen LogP contribution is 2.31. The number of hydrogen-bond acceptors (Lipinski definition) is 3. The SMILES string of the molecule is O=C(C1=CC(C(F)(F)F)=NC1)N(Cc1ccccc1F)C1CCC(CO)CC1. The van der Waals surface area contributed by atoms with Gasteiger partial charge in [0.15, 0.2) is 0 Å². The van der Waals surface area contributed by atoms with Crippen molar-refractivity contribution in [2.45, 2.75) is 44.4 Å². The molecule has 0 unspecified atom stereocenters. The van der Waals surface area contributed by atoms with E-state index >= 15 is 0 Å². The van der Waals surface area contributed by atoms with Gasteiger partial charge in [0.1, 0.15) is 11.5 Å². The minimum Gasteiger partial charge on any atom is -0.396 e. The standard InChI is InChI=1S/C20H22F4N2O2/c21-17-4-2-1-3-14(17)11-26(16-7-5-13(12-27)6-8-16)19(28)15-9-18(25-10-15)20(22,23)24/h1-4,9,13,16,27H,5-8,10-12H2. The van der Waals surface area contributed by atoms with E-state index in [-0.39, 0.29) is 37.2 Å². The summed E-state index contributed by atoms with van der Waals surface area (Å²) >= 11 is 0. The number of aliphatic imine (C=N–C) groups is 1. The molecule has 1 heterocycles. The lowest BCUT2D eigenvalue weighted by atomic mass is 9.85. The molecular formula is C20H22F4N2O2. The van der Waals surface area contributed by atoms with Crippen molar-refractivity contribution >= 4 is 11.6 Å². The number of aliphatic hydroxyl groups is 1. The van der Waals surface area contributed by atoms with Gasteiger partial charge >= 0.3 is 6.18 Å². The number of halogens is 4. The van der Waals surface area contributed by atoms with Crippen LogP contribution in [0.2, 0.25) is 0 Å². The minimum absolute atomic E-state index is 0.0152. The molecule has 4 nitrogen and oxygen atoms in total. The van der Waals surface area contributed by atoms with Gasteiger partial charge in [0.25, 0.3) is 5.91 Å². The van der Waals surface area contributed by atoms with Crippen LogP contribution in [0.3, 0.4) is 0 Å². The number of allylic oxidation sites excluding steroid dienone is 1. The molecule has 0 aromatic heterocycles. The van der Waals surface area contributed by atoms with Crippen LogP contribution >= 0.6 is 0 Å². The van der Waals surface area contributed by atoms with Crippen molar-refractivity contribution in [2.24, 2.45) is 10.9 Å². The Bertz CT molecular complexity index is 781. The quantitative estimate of drug-likeness (QED) is 0.770. The van der Waals surface area contributed by atoms with Crippen LogP contribution in [-0.2, 0) is 11.3 Å². The number of carbonyl (C=O) groups is 1. The van der Waals surface area contributed by atoms with Gasteiger partial charge in [-0.3, -0.25) is 9.79 Å². The third-order valence-electron chi connectivity index (χ3n) is 5.37. The Morgan fingerprint density at radius 2 is 1.86 bits per heavy atom. The van der Waals surface area contributed by atoms with E-state index in [9.17, 15) is 27.5 Å². The summed E-state index contributed by atoms with van der Waals surface area (Å²) in [6.45, 7) is -0.270. The summed E-state index contributed by atoms with van der Waals surface area (Å²) in [6.07, 6.45) is -1.15. The van der Waals surface area contributed by atoms with E-state index < -0.39 is 23.6 Å². The third-order valence-corrected chi connectivity index (χ3v) is 5.37. The molecule has 1 aliphatic carbocycles. The van der Waals surface area contributed by atoms with Crippen LogP contribution in [0.15, 0.2) is 40.9 Å². The van der Waals surface area contributed by atoms with E-state index in [4.69, 9.17) is 0 Å². The lowest BCUT2D eigenvalue weighted by Gasteiger charge is -2.37. The number of amides is 1. The van der Waals surface area contributed by atoms with E-state index in [2.05, 4.69) is 4.99 Å². The summed E-state index contributed by atoms with van der Waals surface area (Å²) < 4.78 is 52.7. The summed E-state index contributed by atoms with van der Waals surface area (Å²) in [4.78, 5) is 17.9. The van der Waals surface area contributed by atoms with Crippen LogP contribution in [-0.4, -0.2) is 47.0 Å². The number of aliphatic hydroxyl groups excluding tert-OH is 1. The Balaban J connectivity index is 1.82. The Labute approximate surface area is 160 Å². The largest absolute Gasteiger partial charge is 0.432 e. The summed E-state index contributed by atoms with van der Waals surface area (Å²) in [5.74, 6) is -0.844. The molecule has 1 fully saturated rings. The van der Waals surface area contributed by atoms with E-state index in [0.29, 0.717) is 31.2 Å².